The van der Waals surface area contributed by atoms with E-state index in [0.29, 0.717) is 6.42 Å². The second-order valence-corrected chi connectivity index (χ2v) is 5.42. The average Bonchev–Trinajstić information content (AvgIpc) is 2.44. The summed E-state index contributed by atoms with van der Waals surface area (Å²) in [5.41, 5.74) is 3.75. The van der Waals surface area contributed by atoms with E-state index in [9.17, 15) is 4.39 Å². The maximum atomic E-state index is 13.1. The molecule has 0 heterocycles. The minimum Gasteiger partial charge on any atom is -0.271 e. The summed E-state index contributed by atoms with van der Waals surface area (Å²) >= 11 is 1.74. The van der Waals surface area contributed by atoms with Gasteiger partial charge in [-0.25, -0.2) is 4.39 Å². The van der Waals surface area contributed by atoms with E-state index in [1.807, 2.05) is 24.3 Å². The Labute approximate surface area is 117 Å². The molecule has 0 radical (unpaired) electrons. The lowest BCUT2D eigenvalue weighted by Gasteiger charge is -2.15. The van der Waals surface area contributed by atoms with Crippen molar-refractivity contribution in [2.75, 3.05) is 5.75 Å². The SMILES string of the molecule is NNC(CSc1ccccc1)Cc1cccc(F)c1. The van der Waals surface area contributed by atoms with E-state index in [1.165, 1.54) is 11.0 Å². The zero-order chi connectivity index (χ0) is 13.5. The molecule has 0 fully saturated rings. The number of hydrogen-bond acceptors (Lipinski definition) is 3. The molecule has 0 aliphatic heterocycles. The molecule has 1 unspecified atom stereocenters. The lowest BCUT2D eigenvalue weighted by atomic mass is 10.1. The first-order chi connectivity index (χ1) is 9.28. The van der Waals surface area contributed by atoms with Crippen LogP contribution in [0.1, 0.15) is 5.56 Å². The molecular weight excluding hydrogens is 259 g/mol. The normalized spacial score (nSPS) is 12.3. The smallest absolute Gasteiger partial charge is 0.123 e. The van der Waals surface area contributed by atoms with Gasteiger partial charge in [0.1, 0.15) is 5.82 Å². The fourth-order valence-corrected chi connectivity index (χ4v) is 2.79. The van der Waals surface area contributed by atoms with Crippen LogP contribution in [-0.4, -0.2) is 11.8 Å². The van der Waals surface area contributed by atoms with Crippen LogP contribution in [0.3, 0.4) is 0 Å². The van der Waals surface area contributed by atoms with Crippen molar-refractivity contribution in [2.45, 2.75) is 17.4 Å². The zero-order valence-electron chi connectivity index (χ0n) is 10.6. The maximum Gasteiger partial charge on any atom is 0.123 e. The Kier molecular flexibility index (Phi) is 5.39. The van der Waals surface area contributed by atoms with Gasteiger partial charge in [0.2, 0.25) is 0 Å². The molecule has 100 valence electrons. The van der Waals surface area contributed by atoms with Crippen molar-refractivity contribution in [1.29, 1.82) is 0 Å². The maximum absolute atomic E-state index is 13.1. The van der Waals surface area contributed by atoms with Crippen LogP contribution in [0.5, 0.6) is 0 Å². The van der Waals surface area contributed by atoms with Crippen LogP contribution in [0, 0.1) is 5.82 Å². The highest BCUT2D eigenvalue weighted by Gasteiger charge is 2.09. The number of hydrogen-bond donors (Lipinski definition) is 2. The van der Waals surface area contributed by atoms with E-state index >= 15 is 0 Å². The third-order valence-corrected chi connectivity index (χ3v) is 3.98. The minimum atomic E-state index is -0.205. The summed E-state index contributed by atoms with van der Waals surface area (Å²) in [6, 6.07) is 16.9. The summed E-state index contributed by atoms with van der Waals surface area (Å²) in [4.78, 5) is 1.21. The van der Waals surface area contributed by atoms with E-state index in [0.717, 1.165) is 11.3 Å². The van der Waals surface area contributed by atoms with Crippen LogP contribution in [-0.2, 0) is 6.42 Å². The molecular formula is C15H17FN2S. The standard InChI is InChI=1S/C15H17FN2S/c16-13-6-4-5-12(9-13)10-14(18-17)11-19-15-7-2-1-3-8-15/h1-9,14,18H,10-11,17H2. The van der Waals surface area contributed by atoms with E-state index in [4.69, 9.17) is 5.84 Å². The Morgan fingerprint density at radius 3 is 2.58 bits per heavy atom. The molecule has 0 aliphatic rings. The topological polar surface area (TPSA) is 38.0 Å². The molecule has 4 heteroatoms. The van der Waals surface area contributed by atoms with Crippen molar-refractivity contribution < 1.29 is 4.39 Å². The molecule has 3 N–H and O–H groups in total. The Morgan fingerprint density at radius 2 is 1.89 bits per heavy atom. The van der Waals surface area contributed by atoms with Gasteiger partial charge in [-0.2, -0.15) is 0 Å². The van der Waals surface area contributed by atoms with Crippen LogP contribution >= 0.6 is 11.8 Å². The van der Waals surface area contributed by atoms with Gasteiger partial charge in [0, 0.05) is 16.7 Å². The van der Waals surface area contributed by atoms with E-state index in [-0.39, 0.29) is 11.9 Å². The lowest BCUT2D eigenvalue weighted by molar-refractivity contribution is 0.570. The second kappa shape index (κ2) is 7.28. The van der Waals surface area contributed by atoms with Crippen LogP contribution in [0.2, 0.25) is 0 Å². The summed E-state index contributed by atoms with van der Waals surface area (Å²) in [7, 11) is 0. The zero-order valence-corrected chi connectivity index (χ0v) is 11.4. The first-order valence-corrected chi connectivity index (χ1v) is 7.15. The molecule has 0 spiro atoms. The van der Waals surface area contributed by atoms with Gasteiger partial charge in [-0.1, -0.05) is 30.3 Å². The fourth-order valence-electron chi connectivity index (χ4n) is 1.83. The molecule has 2 rings (SSSR count). The number of nitrogens with one attached hydrogen (secondary N) is 1. The van der Waals surface area contributed by atoms with Gasteiger partial charge in [-0.05, 0) is 36.2 Å². The Bertz CT molecular complexity index is 505. The summed E-state index contributed by atoms with van der Waals surface area (Å²) in [6.45, 7) is 0. The van der Waals surface area contributed by atoms with Gasteiger partial charge >= 0.3 is 0 Å². The minimum absolute atomic E-state index is 0.118. The number of halogens is 1. The molecule has 0 bridgehead atoms. The summed E-state index contributed by atoms with van der Waals surface area (Å²) in [5.74, 6) is 6.21. The monoisotopic (exact) mass is 276 g/mol. The van der Waals surface area contributed by atoms with Crippen molar-refractivity contribution in [1.82, 2.24) is 5.43 Å². The van der Waals surface area contributed by atoms with Crippen LogP contribution in [0.4, 0.5) is 4.39 Å². The van der Waals surface area contributed by atoms with E-state index in [2.05, 4.69) is 17.6 Å². The first-order valence-electron chi connectivity index (χ1n) is 6.16. The van der Waals surface area contributed by atoms with Crippen LogP contribution in [0.15, 0.2) is 59.5 Å². The summed E-state index contributed by atoms with van der Waals surface area (Å²) in [5, 5.41) is 0. The predicted octanol–water partition coefficient (Wildman–Crippen LogP) is 2.99. The third-order valence-electron chi connectivity index (χ3n) is 2.80. The van der Waals surface area contributed by atoms with Gasteiger partial charge in [0.15, 0.2) is 0 Å². The van der Waals surface area contributed by atoms with Gasteiger partial charge in [-0.3, -0.25) is 11.3 Å². The molecule has 0 aromatic heterocycles. The van der Waals surface area contributed by atoms with Gasteiger partial charge in [0.25, 0.3) is 0 Å². The fraction of sp³-hybridized carbons (Fsp3) is 0.200. The molecule has 2 aromatic carbocycles. The van der Waals surface area contributed by atoms with Crippen molar-refractivity contribution in [3.05, 3.63) is 66.0 Å². The number of rotatable bonds is 6. The molecule has 0 saturated carbocycles. The lowest BCUT2D eigenvalue weighted by Crippen LogP contribution is -2.38. The highest BCUT2D eigenvalue weighted by molar-refractivity contribution is 7.99. The van der Waals surface area contributed by atoms with Crippen molar-refractivity contribution in [3.63, 3.8) is 0 Å². The largest absolute Gasteiger partial charge is 0.271 e. The number of hydrazine groups is 1. The Hall–Kier alpha value is -1.36. The predicted molar refractivity (Wildman–Crippen MR) is 78.4 cm³/mol. The molecule has 0 saturated heterocycles. The number of benzene rings is 2. The first kappa shape index (κ1) is 14.1. The molecule has 1 atom stereocenters. The van der Waals surface area contributed by atoms with Crippen molar-refractivity contribution in [3.8, 4) is 0 Å². The highest BCUT2D eigenvalue weighted by atomic mass is 32.2. The molecule has 2 aromatic rings. The number of nitrogens with two attached hydrogens (primary N) is 1. The molecule has 0 aliphatic carbocycles. The quantitative estimate of drug-likeness (QED) is 0.484. The van der Waals surface area contributed by atoms with E-state index < -0.39 is 0 Å². The molecule has 2 nitrogen and oxygen atoms in total. The average molecular weight is 276 g/mol. The molecule has 0 amide bonds. The third kappa shape index (κ3) is 4.67. The van der Waals surface area contributed by atoms with Crippen LogP contribution < -0.4 is 11.3 Å². The van der Waals surface area contributed by atoms with Crippen LogP contribution in [0.25, 0.3) is 0 Å². The summed E-state index contributed by atoms with van der Waals surface area (Å²) < 4.78 is 13.1. The molecule has 19 heavy (non-hydrogen) atoms. The highest BCUT2D eigenvalue weighted by Crippen LogP contribution is 2.19. The Morgan fingerprint density at radius 1 is 1.11 bits per heavy atom. The van der Waals surface area contributed by atoms with Gasteiger partial charge < -0.3 is 0 Å². The van der Waals surface area contributed by atoms with Crippen molar-refractivity contribution in [2.24, 2.45) is 5.84 Å². The Balaban J connectivity index is 1.90. The van der Waals surface area contributed by atoms with Gasteiger partial charge in [0.05, 0.1) is 0 Å². The van der Waals surface area contributed by atoms with Crippen molar-refractivity contribution >= 4 is 11.8 Å². The summed E-state index contributed by atoms with van der Waals surface area (Å²) in [6.07, 6.45) is 0.716. The number of thioether (sulfide) groups is 1. The van der Waals surface area contributed by atoms with E-state index in [1.54, 1.807) is 23.9 Å². The second-order valence-electron chi connectivity index (χ2n) is 4.32. The van der Waals surface area contributed by atoms with Gasteiger partial charge in [-0.15, -0.1) is 11.8 Å².